The fourth-order valence-corrected chi connectivity index (χ4v) is 2.10. The van der Waals surface area contributed by atoms with Crippen LogP contribution in [0.15, 0.2) is 36.4 Å². The van der Waals surface area contributed by atoms with Crippen LogP contribution in [0.3, 0.4) is 0 Å². The number of nitro benzene ring substituents is 2. The Morgan fingerprint density at radius 3 is 1.54 bits per heavy atom. The first kappa shape index (κ1) is 16.9. The third-order valence-electron chi connectivity index (χ3n) is 3.15. The maximum absolute atomic E-state index is 11.9. The Kier molecular flexibility index (Phi) is 4.73. The van der Waals surface area contributed by atoms with Crippen LogP contribution in [0.2, 0.25) is 0 Å². The summed E-state index contributed by atoms with van der Waals surface area (Å²) in [7, 11) is 0. The summed E-state index contributed by atoms with van der Waals surface area (Å²) in [6.45, 7) is 2.98. The second-order valence-corrected chi connectivity index (χ2v) is 4.81. The van der Waals surface area contributed by atoms with Crippen LogP contribution in [0.4, 0.5) is 16.2 Å². The molecular formula is C15H12N2O7. The van der Waals surface area contributed by atoms with Crippen molar-refractivity contribution in [2.45, 2.75) is 13.8 Å². The maximum atomic E-state index is 11.9. The Balaban J connectivity index is 2.28. The molecule has 0 amide bonds. The predicted octanol–water partition coefficient (Wildman–Crippen LogP) is 3.70. The third kappa shape index (κ3) is 3.46. The summed E-state index contributed by atoms with van der Waals surface area (Å²) in [6, 6.07) is 8.39. The van der Waals surface area contributed by atoms with Crippen molar-refractivity contribution in [1.29, 1.82) is 0 Å². The lowest BCUT2D eigenvalue weighted by atomic mass is 10.2. The van der Waals surface area contributed by atoms with Crippen molar-refractivity contribution in [1.82, 2.24) is 0 Å². The van der Waals surface area contributed by atoms with Crippen molar-refractivity contribution in [3.63, 3.8) is 0 Å². The van der Waals surface area contributed by atoms with Crippen molar-refractivity contribution in [2.24, 2.45) is 0 Å². The Hall–Kier alpha value is -3.49. The largest absolute Gasteiger partial charge is 0.519 e. The Labute approximate surface area is 135 Å². The van der Waals surface area contributed by atoms with Gasteiger partial charge in [-0.15, -0.1) is 0 Å². The molecule has 0 saturated carbocycles. The lowest BCUT2D eigenvalue weighted by Gasteiger charge is -2.08. The lowest BCUT2D eigenvalue weighted by Crippen LogP contribution is -2.15. The normalized spacial score (nSPS) is 10.1. The number of hydrogen-bond donors (Lipinski definition) is 0. The molecule has 0 fully saturated rings. The third-order valence-corrected chi connectivity index (χ3v) is 3.15. The molecule has 2 rings (SSSR count). The monoisotopic (exact) mass is 332 g/mol. The van der Waals surface area contributed by atoms with E-state index in [0.717, 1.165) is 0 Å². The van der Waals surface area contributed by atoms with Gasteiger partial charge in [0.2, 0.25) is 11.5 Å². The van der Waals surface area contributed by atoms with E-state index in [1.54, 1.807) is 0 Å². The van der Waals surface area contributed by atoms with Crippen LogP contribution in [-0.4, -0.2) is 16.0 Å². The van der Waals surface area contributed by atoms with Crippen molar-refractivity contribution >= 4 is 17.5 Å². The molecule has 0 radical (unpaired) electrons. The number of nitrogens with zero attached hydrogens (tertiary/aromatic N) is 2. The smallest absolute Gasteiger partial charge is 0.387 e. The summed E-state index contributed by atoms with van der Waals surface area (Å²) in [5, 5.41) is 22.1. The highest BCUT2D eigenvalue weighted by Crippen LogP contribution is 2.33. The molecule has 0 saturated heterocycles. The van der Waals surface area contributed by atoms with Crippen LogP contribution in [-0.2, 0) is 0 Å². The molecule has 9 heteroatoms. The summed E-state index contributed by atoms with van der Waals surface area (Å²) < 4.78 is 9.68. The molecule has 9 nitrogen and oxygen atoms in total. The number of aryl methyl sites for hydroxylation is 2. The molecule has 0 heterocycles. The van der Waals surface area contributed by atoms with Gasteiger partial charge in [-0.1, -0.05) is 24.3 Å². The minimum atomic E-state index is -1.31. The number of hydrogen-bond acceptors (Lipinski definition) is 7. The number of carbonyl (C=O) groups excluding carboxylic acids is 1. The van der Waals surface area contributed by atoms with E-state index in [4.69, 9.17) is 9.47 Å². The van der Waals surface area contributed by atoms with Crippen molar-refractivity contribution in [3.05, 3.63) is 67.8 Å². The Bertz CT molecular complexity index is 765. The number of rotatable bonds is 4. The molecule has 0 atom stereocenters. The molecule has 0 N–H and O–H groups in total. The first-order valence-corrected chi connectivity index (χ1v) is 6.69. The van der Waals surface area contributed by atoms with Gasteiger partial charge in [-0.2, -0.15) is 0 Å². The average Bonchev–Trinajstić information content (AvgIpc) is 2.46. The van der Waals surface area contributed by atoms with Gasteiger partial charge in [-0.05, 0) is 26.0 Å². The first-order chi connectivity index (χ1) is 11.3. The first-order valence-electron chi connectivity index (χ1n) is 6.69. The molecule has 0 unspecified atom stereocenters. The van der Waals surface area contributed by atoms with Crippen molar-refractivity contribution < 1.29 is 24.1 Å². The number of nitro groups is 2. The van der Waals surface area contributed by atoms with Gasteiger partial charge in [0.1, 0.15) is 0 Å². The molecule has 124 valence electrons. The van der Waals surface area contributed by atoms with E-state index >= 15 is 0 Å². The Morgan fingerprint density at radius 1 is 0.833 bits per heavy atom. The minimum absolute atomic E-state index is 0.298. The molecule has 0 spiro atoms. The number of para-hydroxylation sites is 2. The van der Waals surface area contributed by atoms with Crippen LogP contribution in [0, 0.1) is 34.1 Å². The summed E-state index contributed by atoms with van der Waals surface area (Å²) >= 11 is 0. The summed E-state index contributed by atoms with van der Waals surface area (Å²) in [5.74, 6) is -0.611. The average molecular weight is 332 g/mol. The summed E-state index contributed by atoms with van der Waals surface area (Å²) in [6.07, 6.45) is -1.31. The number of ether oxygens (including phenoxy) is 2. The van der Waals surface area contributed by atoms with E-state index < -0.39 is 16.0 Å². The van der Waals surface area contributed by atoms with Gasteiger partial charge < -0.3 is 9.47 Å². The highest BCUT2D eigenvalue weighted by Gasteiger charge is 2.25. The lowest BCUT2D eigenvalue weighted by molar-refractivity contribution is -0.386. The number of benzene rings is 2. The van der Waals surface area contributed by atoms with E-state index in [1.165, 1.54) is 50.2 Å². The van der Waals surface area contributed by atoms with Gasteiger partial charge >= 0.3 is 17.5 Å². The van der Waals surface area contributed by atoms with Crippen molar-refractivity contribution in [3.8, 4) is 11.5 Å². The zero-order valence-corrected chi connectivity index (χ0v) is 12.7. The summed E-state index contributed by atoms with van der Waals surface area (Å²) in [4.78, 5) is 32.6. The molecule has 0 aliphatic heterocycles. The van der Waals surface area contributed by atoms with Crippen LogP contribution < -0.4 is 9.47 Å². The van der Waals surface area contributed by atoms with E-state index in [1.807, 2.05) is 0 Å². The highest BCUT2D eigenvalue weighted by molar-refractivity contribution is 5.71. The number of carbonyl (C=O) groups is 1. The van der Waals surface area contributed by atoms with Crippen LogP contribution in [0.1, 0.15) is 11.1 Å². The van der Waals surface area contributed by atoms with Crippen LogP contribution in [0.25, 0.3) is 0 Å². The fraction of sp³-hybridized carbons (Fsp3) is 0.133. The second kappa shape index (κ2) is 6.73. The van der Waals surface area contributed by atoms with Gasteiger partial charge in [0.15, 0.2) is 0 Å². The molecule has 0 aromatic heterocycles. The maximum Gasteiger partial charge on any atom is 0.519 e. The van der Waals surface area contributed by atoms with Gasteiger partial charge in [-0.25, -0.2) is 4.79 Å². The zero-order chi connectivity index (χ0) is 17.9. The van der Waals surface area contributed by atoms with Crippen molar-refractivity contribution in [2.75, 3.05) is 0 Å². The van der Waals surface area contributed by atoms with Gasteiger partial charge in [-0.3, -0.25) is 20.2 Å². The van der Waals surface area contributed by atoms with E-state index in [-0.39, 0.29) is 22.9 Å². The van der Waals surface area contributed by atoms with Gasteiger partial charge in [0.05, 0.1) is 9.85 Å². The highest BCUT2D eigenvalue weighted by atomic mass is 16.7. The molecule has 24 heavy (non-hydrogen) atoms. The summed E-state index contributed by atoms with van der Waals surface area (Å²) in [5.41, 5.74) is -0.167. The molecule has 0 bridgehead atoms. The standard InChI is InChI=1S/C15H12N2O7/c1-9-5-3-7-11(13(9)16(19)20)23-15(18)24-12-8-4-6-10(2)14(12)17(21)22/h3-8H,1-2H3. The molecule has 0 aliphatic carbocycles. The SMILES string of the molecule is Cc1cccc(OC(=O)Oc2cccc(C)c2[N+](=O)[O-])c1[N+](=O)[O-]. The molecule has 0 aliphatic rings. The zero-order valence-electron chi connectivity index (χ0n) is 12.7. The van der Waals surface area contributed by atoms with Crippen LogP contribution >= 0.6 is 0 Å². The quantitative estimate of drug-likeness (QED) is 0.362. The van der Waals surface area contributed by atoms with Crippen LogP contribution in [0.5, 0.6) is 11.5 Å². The van der Waals surface area contributed by atoms with Gasteiger partial charge in [0.25, 0.3) is 0 Å². The van der Waals surface area contributed by atoms with E-state index in [2.05, 4.69) is 0 Å². The molecule has 2 aromatic carbocycles. The molecular weight excluding hydrogens is 320 g/mol. The van der Waals surface area contributed by atoms with E-state index in [9.17, 15) is 25.0 Å². The Morgan fingerprint density at radius 2 is 1.21 bits per heavy atom. The minimum Gasteiger partial charge on any atom is -0.387 e. The second-order valence-electron chi connectivity index (χ2n) is 4.81. The van der Waals surface area contributed by atoms with E-state index in [0.29, 0.717) is 11.1 Å². The predicted molar refractivity (Wildman–Crippen MR) is 82.3 cm³/mol. The van der Waals surface area contributed by atoms with Gasteiger partial charge in [0, 0.05) is 11.1 Å². The fourth-order valence-electron chi connectivity index (χ4n) is 2.10. The molecule has 2 aromatic rings. The topological polar surface area (TPSA) is 122 Å².